The second-order valence-corrected chi connectivity index (χ2v) is 5.35. The summed E-state index contributed by atoms with van der Waals surface area (Å²) in [6.45, 7) is 5.55. The molecule has 2 aromatic rings. The molecule has 0 unspecified atom stereocenters. The summed E-state index contributed by atoms with van der Waals surface area (Å²) in [5.41, 5.74) is 4.85. The van der Waals surface area contributed by atoms with Gasteiger partial charge in [-0.2, -0.15) is 0 Å². The van der Waals surface area contributed by atoms with Crippen LogP contribution in [0.3, 0.4) is 0 Å². The van der Waals surface area contributed by atoms with E-state index in [2.05, 4.69) is 14.7 Å². The molecule has 5 nitrogen and oxygen atoms in total. The van der Waals surface area contributed by atoms with Crippen LogP contribution in [-0.2, 0) is 13.1 Å². The van der Waals surface area contributed by atoms with Crippen LogP contribution < -0.4 is 11.3 Å². The van der Waals surface area contributed by atoms with Gasteiger partial charge in [0.15, 0.2) is 0 Å². The fraction of sp³-hybridized carbons (Fsp3) is 0.294. The number of pyridine rings is 1. The van der Waals surface area contributed by atoms with E-state index in [0.717, 1.165) is 24.3 Å². The molecule has 0 aliphatic carbocycles. The largest absolute Gasteiger partial charge is 0.290 e. The summed E-state index contributed by atoms with van der Waals surface area (Å²) < 4.78 is 2.21. The van der Waals surface area contributed by atoms with Crippen molar-refractivity contribution in [3.05, 3.63) is 65.5 Å². The van der Waals surface area contributed by atoms with Gasteiger partial charge < -0.3 is 0 Å². The van der Waals surface area contributed by atoms with Crippen LogP contribution in [0.2, 0.25) is 0 Å². The van der Waals surface area contributed by atoms with Crippen molar-refractivity contribution in [1.82, 2.24) is 14.7 Å². The fourth-order valence-corrected chi connectivity index (χ4v) is 2.45. The Balaban J connectivity index is 0.00000127. The van der Waals surface area contributed by atoms with Crippen LogP contribution >= 0.6 is 11.9 Å². The fourth-order valence-electron chi connectivity index (χ4n) is 1.91. The molecule has 1 aromatic carbocycles. The molecule has 0 spiro atoms. The van der Waals surface area contributed by atoms with E-state index in [0.29, 0.717) is 5.56 Å². The monoisotopic (exact) mass is 332 g/mol. The molecule has 3 N–H and O–H groups in total. The Morgan fingerprint density at radius 1 is 1.17 bits per heavy atom. The number of nitrogen functional groups attached to an aromatic ring is 1. The second-order valence-electron chi connectivity index (χ2n) is 4.47. The Hall–Kier alpha value is -1.89. The normalized spacial score (nSPS) is 9.96. The molecule has 0 aliphatic heterocycles. The van der Waals surface area contributed by atoms with Crippen LogP contribution in [0.1, 0.15) is 35.5 Å². The number of carbonyl (C=O) groups excluding carboxylic acids is 1. The SMILES string of the molecule is CC.CSN(Cc1ccc(C(=O)NN)cc1)Cc1ccccn1. The maximum Gasteiger partial charge on any atom is 0.265 e. The Bertz CT molecular complexity index is 575. The third-order valence-corrected chi connectivity index (χ3v) is 3.80. The van der Waals surface area contributed by atoms with Crippen molar-refractivity contribution in [2.45, 2.75) is 26.9 Å². The number of nitrogens with zero attached hydrogens (tertiary/aromatic N) is 2. The Morgan fingerprint density at radius 2 is 1.87 bits per heavy atom. The second kappa shape index (κ2) is 10.8. The molecular formula is C17H24N4OS. The van der Waals surface area contributed by atoms with Gasteiger partial charge in [0.1, 0.15) is 0 Å². The molecule has 1 amide bonds. The zero-order valence-electron chi connectivity index (χ0n) is 13.8. The van der Waals surface area contributed by atoms with Crippen LogP contribution in [-0.4, -0.2) is 21.5 Å². The number of rotatable bonds is 6. The minimum Gasteiger partial charge on any atom is -0.290 e. The van der Waals surface area contributed by atoms with Crippen molar-refractivity contribution in [3.8, 4) is 0 Å². The van der Waals surface area contributed by atoms with E-state index >= 15 is 0 Å². The lowest BCUT2D eigenvalue weighted by Crippen LogP contribution is -2.29. The standard InChI is InChI=1S/C15H18N4OS.C2H6/c1-21-19(11-14-4-2-3-9-17-14)10-12-5-7-13(8-6-12)15(20)18-16;1-2/h2-9H,10-11,16H2,1H3,(H,18,20);1-2H3. The van der Waals surface area contributed by atoms with Crippen molar-refractivity contribution in [2.75, 3.05) is 6.26 Å². The van der Waals surface area contributed by atoms with Gasteiger partial charge in [-0.3, -0.25) is 15.2 Å². The quantitative estimate of drug-likeness (QED) is 0.368. The zero-order chi connectivity index (χ0) is 17.1. The van der Waals surface area contributed by atoms with Crippen LogP contribution in [0.25, 0.3) is 0 Å². The minimum absolute atomic E-state index is 0.281. The highest BCUT2D eigenvalue weighted by atomic mass is 32.2. The summed E-state index contributed by atoms with van der Waals surface area (Å²) in [5.74, 6) is 4.83. The van der Waals surface area contributed by atoms with Crippen LogP contribution in [0.4, 0.5) is 0 Å². The smallest absolute Gasteiger partial charge is 0.265 e. The van der Waals surface area contributed by atoms with Gasteiger partial charge in [0.05, 0.1) is 12.2 Å². The summed E-state index contributed by atoms with van der Waals surface area (Å²) in [7, 11) is 0. The maximum absolute atomic E-state index is 11.4. The van der Waals surface area contributed by atoms with Crippen LogP contribution in [0.15, 0.2) is 48.7 Å². The number of hydrogen-bond acceptors (Lipinski definition) is 5. The molecule has 0 bridgehead atoms. The van der Waals surface area contributed by atoms with Gasteiger partial charge in [0.2, 0.25) is 0 Å². The summed E-state index contributed by atoms with van der Waals surface area (Å²) in [4.78, 5) is 15.7. The summed E-state index contributed by atoms with van der Waals surface area (Å²) >= 11 is 1.67. The van der Waals surface area contributed by atoms with E-state index < -0.39 is 0 Å². The molecular weight excluding hydrogens is 308 g/mol. The van der Waals surface area contributed by atoms with Crippen LogP contribution in [0, 0.1) is 0 Å². The minimum atomic E-state index is -0.281. The van der Waals surface area contributed by atoms with E-state index in [9.17, 15) is 4.79 Å². The van der Waals surface area contributed by atoms with Gasteiger partial charge >= 0.3 is 0 Å². The number of aromatic nitrogens is 1. The molecule has 6 heteroatoms. The Kier molecular flexibility index (Phi) is 8.97. The summed E-state index contributed by atoms with van der Waals surface area (Å²) in [6, 6.07) is 13.3. The Labute approximate surface area is 142 Å². The van der Waals surface area contributed by atoms with Gasteiger partial charge in [0, 0.05) is 18.3 Å². The van der Waals surface area contributed by atoms with Crippen molar-refractivity contribution in [1.29, 1.82) is 0 Å². The molecule has 0 radical (unpaired) electrons. The summed E-state index contributed by atoms with van der Waals surface area (Å²) in [6.07, 6.45) is 3.84. The van der Waals surface area contributed by atoms with Gasteiger partial charge in [-0.05, 0) is 36.1 Å². The lowest BCUT2D eigenvalue weighted by atomic mass is 10.1. The first-order valence-electron chi connectivity index (χ1n) is 7.52. The average molecular weight is 332 g/mol. The zero-order valence-corrected chi connectivity index (χ0v) is 14.6. The number of nitrogens with two attached hydrogens (primary N) is 1. The molecule has 0 fully saturated rings. The molecule has 0 saturated heterocycles. The van der Waals surface area contributed by atoms with Crippen molar-refractivity contribution in [2.24, 2.45) is 5.84 Å². The molecule has 124 valence electrons. The van der Waals surface area contributed by atoms with Crippen molar-refractivity contribution in [3.63, 3.8) is 0 Å². The lowest BCUT2D eigenvalue weighted by Gasteiger charge is -2.18. The third kappa shape index (κ3) is 6.40. The number of amides is 1. The molecule has 2 rings (SSSR count). The van der Waals surface area contributed by atoms with Crippen LogP contribution in [0.5, 0.6) is 0 Å². The first kappa shape index (κ1) is 19.2. The average Bonchev–Trinajstić information content (AvgIpc) is 2.63. The van der Waals surface area contributed by atoms with Gasteiger partial charge in [0.25, 0.3) is 5.91 Å². The topological polar surface area (TPSA) is 71.2 Å². The van der Waals surface area contributed by atoms with E-state index in [1.807, 2.05) is 50.4 Å². The van der Waals surface area contributed by atoms with Crippen molar-refractivity contribution < 1.29 is 4.79 Å². The van der Waals surface area contributed by atoms with E-state index in [4.69, 9.17) is 5.84 Å². The predicted molar refractivity (Wildman–Crippen MR) is 96.4 cm³/mol. The molecule has 1 aromatic heterocycles. The lowest BCUT2D eigenvalue weighted by molar-refractivity contribution is 0.0953. The van der Waals surface area contributed by atoms with Crippen molar-refractivity contribution >= 4 is 17.9 Å². The summed E-state index contributed by atoms with van der Waals surface area (Å²) in [5, 5.41) is 0. The molecule has 0 aliphatic rings. The number of hydrazine groups is 1. The van der Waals surface area contributed by atoms with Gasteiger partial charge in [-0.25, -0.2) is 10.1 Å². The highest BCUT2D eigenvalue weighted by Gasteiger charge is 2.08. The Morgan fingerprint density at radius 3 is 2.39 bits per heavy atom. The van der Waals surface area contributed by atoms with E-state index in [1.165, 1.54) is 0 Å². The molecule has 0 atom stereocenters. The third-order valence-electron chi connectivity index (χ3n) is 3.03. The molecule has 0 saturated carbocycles. The first-order chi connectivity index (χ1) is 11.2. The number of carbonyl (C=O) groups is 1. The molecule has 23 heavy (non-hydrogen) atoms. The van der Waals surface area contributed by atoms with Gasteiger partial charge in [-0.15, -0.1) is 0 Å². The highest BCUT2D eigenvalue weighted by Crippen LogP contribution is 2.16. The van der Waals surface area contributed by atoms with Gasteiger partial charge in [-0.1, -0.05) is 44.0 Å². The number of benzene rings is 1. The van der Waals surface area contributed by atoms with E-state index in [1.54, 1.807) is 30.3 Å². The number of hydrogen-bond donors (Lipinski definition) is 2. The van der Waals surface area contributed by atoms with E-state index in [-0.39, 0.29) is 5.91 Å². The molecule has 1 heterocycles. The maximum atomic E-state index is 11.4. The first-order valence-corrected chi connectivity index (χ1v) is 8.70. The number of nitrogens with one attached hydrogen (secondary N) is 1. The highest BCUT2D eigenvalue weighted by molar-refractivity contribution is 7.96. The predicted octanol–water partition coefficient (Wildman–Crippen LogP) is 2.99.